The van der Waals surface area contributed by atoms with Gasteiger partial charge >= 0.3 is 5.51 Å². The third-order valence-corrected chi connectivity index (χ3v) is 5.33. The van der Waals surface area contributed by atoms with E-state index in [9.17, 15) is 31.2 Å². The lowest BCUT2D eigenvalue weighted by atomic mass is 10.1. The van der Waals surface area contributed by atoms with Crippen LogP contribution >= 0.6 is 0 Å². The quantitative estimate of drug-likeness (QED) is 0.671. The molecule has 0 saturated carbocycles. The predicted octanol–water partition coefficient (Wildman–Crippen LogP) is 2.98. The second-order valence-corrected chi connectivity index (χ2v) is 7.76. The zero-order chi connectivity index (χ0) is 21.2. The Balaban J connectivity index is 1.80. The highest BCUT2D eigenvalue weighted by Crippen LogP contribution is 2.30. The molecule has 0 unspecified atom stereocenters. The van der Waals surface area contributed by atoms with Gasteiger partial charge in [-0.15, -0.1) is 0 Å². The molecule has 0 aliphatic carbocycles. The van der Waals surface area contributed by atoms with Gasteiger partial charge in [0.15, 0.2) is 0 Å². The lowest BCUT2D eigenvalue weighted by Crippen LogP contribution is -2.23. The Hall–Kier alpha value is -3.47. The van der Waals surface area contributed by atoms with E-state index >= 15 is 0 Å². The van der Waals surface area contributed by atoms with E-state index in [0.717, 1.165) is 24.3 Å². The summed E-state index contributed by atoms with van der Waals surface area (Å²) in [6.45, 7) is 0. The first-order chi connectivity index (χ1) is 13.6. The van der Waals surface area contributed by atoms with E-state index in [1.54, 1.807) is 24.3 Å². The highest BCUT2D eigenvalue weighted by molar-refractivity contribution is 7.92. The van der Waals surface area contributed by atoms with Crippen LogP contribution in [0.3, 0.4) is 0 Å². The molecule has 150 valence electrons. The zero-order valence-electron chi connectivity index (χ0n) is 14.4. The van der Waals surface area contributed by atoms with Crippen molar-refractivity contribution in [1.29, 1.82) is 0 Å². The van der Waals surface area contributed by atoms with Crippen molar-refractivity contribution in [3.63, 3.8) is 0 Å². The van der Waals surface area contributed by atoms with E-state index in [0.29, 0.717) is 16.9 Å². The van der Waals surface area contributed by atoms with Gasteiger partial charge in [-0.3, -0.25) is 9.59 Å². The second-order valence-electron chi connectivity index (χ2n) is 5.81. The fourth-order valence-corrected chi connectivity index (χ4v) is 3.15. The van der Waals surface area contributed by atoms with Crippen molar-refractivity contribution >= 4 is 21.4 Å². The fourth-order valence-electron chi connectivity index (χ4n) is 2.38. The second kappa shape index (κ2) is 7.51. The van der Waals surface area contributed by atoms with Crippen molar-refractivity contribution in [2.45, 2.75) is 10.4 Å². The van der Waals surface area contributed by atoms with Gasteiger partial charge in [-0.05, 0) is 42.5 Å². The first kappa shape index (κ1) is 20.3. The monoisotopic (exact) mass is 423 g/mol. The summed E-state index contributed by atoms with van der Waals surface area (Å²) in [5.41, 5.74) is -4.39. The van der Waals surface area contributed by atoms with Gasteiger partial charge in [0.25, 0.3) is 21.3 Å². The molecule has 0 bridgehead atoms. The molecule has 0 radical (unpaired) electrons. The maximum atomic E-state index is 12.6. The number of rotatable bonds is 4. The minimum atomic E-state index is -5.48. The average Bonchev–Trinajstić information content (AvgIpc) is 2.68. The Morgan fingerprint density at radius 3 is 2.28 bits per heavy atom. The van der Waals surface area contributed by atoms with Crippen LogP contribution in [0.25, 0.3) is 11.3 Å². The van der Waals surface area contributed by atoms with E-state index in [-0.39, 0.29) is 11.1 Å². The summed E-state index contributed by atoms with van der Waals surface area (Å²) in [5, 5.41) is 8.73. The van der Waals surface area contributed by atoms with Crippen LogP contribution < -0.4 is 10.9 Å². The number of alkyl halides is 3. The minimum Gasteiger partial charge on any atom is -0.322 e. The molecule has 0 aliphatic heterocycles. The SMILES string of the molecule is O=C(Nc1cccc(-c2ccc(=O)[nH]n2)c1)c1ccc(S(=O)(=O)C(F)(F)F)cc1. The number of aromatic nitrogens is 2. The molecular formula is C18H12F3N3O4S. The number of carbonyl (C=O) groups excluding carboxylic acids is 1. The average molecular weight is 423 g/mol. The number of carbonyl (C=O) groups is 1. The zero-order valence-corrected chi connectivity index (χ0v) is 15.2. The number of H-pyrrole nitrogens is 1. The molecular weight excluding hydrogens is 411 g/mol. The third kappa shape index (κ3) is 4.35. The van der Waals surface area contributed by atoms with Gasteiger partial charge in [0.05, 0.1) is 10.6 Å². The summed E-state index contributed by atoms with van der Waals surface area (Å²) in [6, 6.07) is 12.7. The van der Waals surface area contributed by atoms with Gasteiger partial charge in [-0.1, -0.05) is 12.1 Å². The molecule has 1 heterocycles. The molecule has 0 aliphatic rings. The summed E-state index contributed by atoms with van der Waals surface area (Å²) in [4.78, 5) is 22.5. The van der Waals surface area contributed by atoms with Crippen molar-refractivity contribution < 1.29 is 26.4 Å². The largest absolute Gasteiger partial charge is 0.501 e. The number of hydrogen-bond donors (Lipinski definition) is 2. The number of benzene rings is 2. The van der Waals surface area contributed by atoms with E-state index in [1.807, 2.05) is 0 Å². The summed E-state index contributed by atoms with van der Waals surface area (Å²) < 4.78 is 60.5. The fraction of sp³-hybridized carbons (Fsp3) is 0.0556. The molecule has 7 nitrogen and oxygen atoms in total. The van der Waals surface area contributed by atoms with E-state index in [4.69, 9.17) is 0 Å². The Morgan fingerprint density at radius 1 is 1.00 bits per heavy atom. The van der Waals surface area contributed by atoms with Gasteiger partial charge in [0, 0.05) is 22.9 Å². The molecule has 2 N–H and O–H groups in total. The topological polar surface area (TPSA) is 109 Å². The number of halogens is 3. The number of sulfone groups is 1. The molecule has 0 spiro atoms. The highest BCUT2D eigenvalue weighted by atomic mass is 32.2. The number of anilines is 1. The Labute approximate surface area is 162 Å². The van der Waals surface area contributed by atoms with Gasteiger partial charge in [-0.25, -0.2) is 13.5 Å². The summed E-state index contributed by atoms with van der Waals surface area (Å²) in [5.74, 6) is -0.646. The van der Waals surface area contributed by atoms with Crippen LogP contribution in [0, 0.1) is 0 Å². The van der Waals surface area contributed by atoms with Crippen LogP contribution in [0.1, 0.15) is 10.4 Å². The van der Waals surface area contributed by atoms with Crippen molar-refractivity contribution in [3.8, 4) is 11.3 Å². The molecule has 0 fully saturated rings. The summed E-state index contributed by atoms with van der Waals surface area (Å²) >= 11 is 0. The van der Waals surface area contributed by atoms with E-state index < -0.39 is 26.1 Å². The Kier molecular flexibility index (Phi) is 5.25. The molecule has 0 saturated heterocycles. The molecule has 2 aromatic carbocycles. The summed E-state index contributed by atoms with van der Waals surface area (Å²) in [7, 11) is -5.48. The van der Waals surface area contributed by atoms with Crippen LogP contribution in [-0.2, 0) is 9.84 Å². The number of nitrogens with zero attached hydrogens (tertiary/aromatic N) is 1. The van der Waals surface area contributed by atoms with Crippen molar-refractivity contribution in [1.82, 2.24) is 10.2 Å². The van der Waals surface area contributed by atoms with Gasteiger partial charge in [0.2, 0.25) is 0 Å². The molecule has 11 heteroatoms. The van der Waals surface area contributed by atoms with Gasteiger partial charge < -0.3 is 5.32 Å². The molecule has 3 aromatic rings. The maximum absolute atomic E-state index is 12.6. The predicted molar refractivity (Wildman–Crippen MR) is 97.9 cm³/mol. The van der Waals surface area contributed by atoms with E-state index in [2.05, 4.69) is 15.5 Å². The number of amides is 1. The van der Waals surface area contributed by atoms with Crippen LogP contribution in [0.5, 0.6) is 0 Å². The Morgan fingerprint density at radius 2 is 1.69 bits per heavy atom. The Bertz CT molecular complexity index is 1200. The van der Waals surface area contributed by atoms with Crippen LogP contribution in [-0.4, -0.2) is 30.0 Å². The standard InChI is InChI=1S/C18H12F3N3O4S/c19-18(20,21)29(27,28)14-6-4-11(5-7-14)17(26)22-13-3-1-2-12(10-13)15-8-9-16(25)24-23-15/h1-10H,(H,22,26)(H,24,25). The number of nitrogens with one attached hydrogen (secondary N) is 2. The van der Waals surface area contributed by atoms with E-state index in [1.165, 1.54) is 12.1 Å². The minimum absolute atomic E-state index is 0.0290. The lowest BCUT2D eigenvalue weighted by molar-refractivity contribution is -0.0436. The summed E-state index contributed by atoms with van der Waals surface area (Å²) in [6.07, 6.45) is 0. The van der Waals surface area contributed by atoms with Gasteiger partial charge in [-0.2, -0.15) is 18.3 Å². The molecule has 29 heavy (non-hydrogen) atoms. The van der Waals surface area contributed by atoms with Gasteiger partial charge in [0.1, 0.15) is 0 Å². The number of hydrogen-bond acceptors (Lipinski definition) is 5. The highest BCUT2D eigenvalue weighted by Gasteiger charge is 2.46. The molecule has 1 amide bonds. The van der Waals surface area contributed by atoms with Crippen molar-refractivity contribution in [2.75, 3.05) is 5.32 Å². The maximum Gasteiger partial charge on any atom is 0.501 e. The molecule has 1 aromatic heterocycles. The number of aromatic amines is 1. The molecule has 3 rings (SSSR count). The van der Waals surface area contributed by atoms with Crippen LogP contribution in [0.4, 0.5) is 18.9 Å². The smallest absolute Gasteiger partial charge is 0.322 e. The third-order valence-electron chi connectivity index (χ3n) is 3.83. The normalized spacial score (nSPS) is 11.8. The first-order valence-electron chi connectivity index (χ1n) is 7.97. The van der Waals surface area contributed by atoms with Crippen molar-refractivity contribution in [3.05, 3.63) is 76.6 Å². The molecule has 0 atom stereocenters. The van der Waals surface area contributed by atoms with Crippen LogP contribution in [0.15, 0.2) is 70.4 Å². The first-order valence-corrected chi connectivity index (χ1v) is 9.45. The van der Waals surface area contributed by atoms with Crippen LogP contribution in [0.2, 0.25) is 0 Å². The van der Waals surface area contributed by atoms with Crippen molar-refractivity contribution in [2.24, 2.45) is 0 Å². The lowest BCUT2D eigenvalue weighted by Gasteiger charge is -2.10.